The number of nitrogens with one attached hydrogen (secondary N) is 1. The molecule has 0 bridgehead atoms. The van der Waals surface area contributed by atoms with Crippen molar-refractivity contribution in [1.82, 2.24) is 5.32 Å². The highest BCUT2D eigenvalue weighted by Crippen LogP contribution is 2.43. The molecule has 39 heavy (non-hydrogen) atoms. The Bertz CT molecular complexity index is 1630. The molecule has 1 aliphatic heterocycles. The van der Waals surface area contributed by atoms with E-state index in [2.05, 4.69) is 5.32 Å². The molecular formula is C32H30N2O4S. The quantitative estimate of drug-likeness (QED) is 0.296. The first-order valence-corrected chi connectivity index (χ1v) is 14.2. The highest BCUT2D eigenvalue weighted by Gasteiger charge is 2.41. The molecule has 5 rings (SSSR count). The molecule has 0 unspecified atom stereocenters. The van der Waals surface area contributed by atoms with Crippen molar-refractivity contribution in [2.75, 3.05) is 17.5 Å². The molecular weight excluding hydrogens is 508 g/mol. The van der Waals surface area contributed by atoms with Gasteiger partial charge in [0.05, 0.1) is 18.8 Å². The van der Waals surface area contributed by atoms with Crippen molar-refractivity contribution in [3.8, 4) is 5.75 Å². The van der Waals surface area contributed by atoms with Crippen molar-refractivity contribution in [2.45, 2.75) is 20.4 Å². The third-order valence-electron chi connectivity index (χ3n) is 6.79. The minimum atomic E-state index is -4.21. The summed E-state index contributed by atoms with van der Waals surface area (Å²) in [5.41, 5.74) is 5.37. The number of anilines is 1. The third-order valence-corrected chi connectivity index (χ3v) is 8.60. The summed E-state index contributed by atoms with van der Waals surface area (Å²) in [7, 11) is -4.21. The molecule has 0 saturated heterocycles. The zero-order valence-electron chi connectivity index (χ0n) is 21.9. The van der Waals surface area contributed by atoms with Crippen molar-refractivity contribution in [1.29, 1.82) is 0 Å². The number of carbonyl (C=O) groups is 1. The second-order valence-corrected chi connectivity index (χ2v) is 11.2. The molecule has 198 valence electrons. The average Bonchev–Trinajstić information content (AvgIpc) is 2.95. The highest BCUT2D eigenvalue weighted by molar-refractivity contribution is 7.97. The first-order chi connectivity index (χ1) is 18.9. The largest absolute Gasteiger partial charge is 0.492 e. The lowest BCUT2D eigenvalue weighted by Crippen LogP contribution is -2.42. The molecule has 1 heterocycles. The average molecular weight is 539 g/mol. The number of nitrogens with zero attached hydrogens (tertiary/aromatic N) is 1. The van der Waals surface area contributed by atoms with Crippen LogP contribution in [0.4, 0.5) is 5.69 Å². The Morgan fingerprint density at radius 2 is 1.49 bits per heavy atom. The van der Waals surface area contributed by atoms with Gasteiger partial charge in [-0.2, -0.15) is 0 Å². The van der Waals surface area contributed by atoms with Gasteiger partial charge in [0.1, 0.15) is 12.4 Å². The summed E-state index contributed by atoms with van der Waals surface area (Å²) in [4.78, 5) is 13.4. The number of sulfonamides is 1. The van der Waals surface area contributed by atoms with Crippen molar-refractivity contribution in [3.05, 3.63) is 136 Å². The van der Waals surface area contributed by atoms with E-state index in [-0.39, 0.29) is 24.6 Å². The fraction of sp³-hybridized carbons (Fsp3) is 0.156. The second kappa shape index (κ2) is 11.2. The normalized spacial score (nSPS) is 14.1. The van der Waals surface area contributed by atoms with Gasteiger partial charge in [-0.1, -0.05) is 84.9 Å². The summed E-state index contributed by atoms with van der Waals surface area (Å²) in [6.07, 6.45) is 0. The van der Waals surface area contributed by atoms with Crippen LogP contribution in [0, 0.1) is 13.8 Å². The Labute approximate surface area is 229 Å². The number of benzene rings is 4. The van der Waals surface area contributed by atoms with Crippen molar-refractivity contribution in [2.24, 2.45) is 0 Å². The van der Waals surface area contributed by atoms with Gasteiger partial charge in [0, 0.05) is 11.1 Å². The molecule has 7 heteroatoms. The van der Waals surface area contributed by atoms with Gasteiger partial charge < -0.3 is 10.1 Å². The Morgan fingerprint density at radius 1 is 0.821 bits per heavy atom. The van der Waals surface area contributed by atoms with E-state index in [1.54, 1.807) is 6.07 Å². The highest BCUT2D eigenvalue weighted by atomic mass is 32.2. The minimum Gasteiger partial charge on any atom is -0.492 e. The zero-order chi connectivity index (χ0) is 27.4. The Kier molecular flexibility index (Phi) is 7.52. The van der Waals surface area contributed by atoms with E-state index in [4.69, 9.17) is 4.74 Å². The topological polar surface area (TPSA) is 75.7 Å². The van der Waals surface area contributed by atoms with Gasteiger partial charge in [-0.3, -0.25) is 9.10 Å². The van der Waals surface area contributed by atoms with E-state index in [9.17, 15) is 13.2 Å². The maximum Gasteiger partial charge on any atom is 0.270 e. The van der Waals surface area contributed by atoms with Crippen LogP contribution in [-0.2, 0) is 21.4 Å². The Hall–Kier alpha value is -4.36. The molecule has 0 aliphatic carbocycles. The van der Waals surface area contributed by atoms with Gasteiger partial charge in [-0.05, 0) is 54.3 Å². The predicted octanol–water partition coefficient (Wildman–Crippen LogP) is 5.61. The van der Waals surface area contributed by atoms with Gasteiger partial charge in [0.25, 0.3) is 15.9 Å². The van der Waals surface area contributed by atoms with E-state index in [0.29, 0.717) is 28.1 Å². The first kappa shape index (κ1) is 26.3. The fourth-order valence-corrected chi connectivity index (χ4v) is 6.40. The van der Waals surface area contributed by atoms with Crippen LogP contribution in [0.3, 0.4) is 0 Å². The number of aryl methyl sites for hydroxylation is 2. The van der Waals surface area contributed by atoms with Crippen LogP contribution >= 0.6 is 0 Å². The Balaban J connectivity index is 1.50. The number of hydrogen-bond acceptors (Lipinski definition) is 4. The smallest absolute Gasteiger partial charge is 0.270 e. The number of amides is 1. The lowest BCUT2D eigenvalue weighted by Gasteiger charge is -2.33. The van der Waals surface area contributed by atoms with Gasteiger partial charge in [-0.25, -0.2) is 8.42 Å². The molecule has 6 nitrogen and oxygen atoms in total. The standard InChI is InChI=1S/C32H30N2O4S/c1-23-17-18-27(21-24(23)2)38-20-19-33-32(35)31-30(26-13-7-4-8-14-26)28-15-9-10-16-29(28)34(39(31,36)37)22-25-11-5-3-6-12-25/h3-18,21H,19-20,22H2,1-2H3,(H,33,35). The van der Waals surface area contributed by atoms with Gasteiger partial charge in [-0.15, -0.1) is 0 Å². The van der Waals surface area contributed by atoms with Crippen molar-refractivity contribution in [3.63, 3.8) is 0 Å². The summed E-state index contributed by atoms with van der Waals surface area (Å²) in [6.45, 7) is 4.49. The number of carbonyl (C=O) groups excluding carboxylic acids is 1. The molecule has 0 spiro atoms. The summed E-state index contributed by atoms with van der Waals surface area (Å²) in [5, 5.41) is 2.79. The number of rotatable bonds is 8. The molecule has 1 aliphatic rings. The zero-order valence-corrected chi connectivity index (χ0v) is 22.7. The van der Waals surface area contributed by atoms with Crippen molar-refractivity contribution >= 4 is 27.2 Å². The lowest BCUT2D eigenvalue weighted by molar-refractivity contribution is -0.116. The SMILES string of the molecule is Cc1ccc(OCCNC(=O)C2=C(c3ccccc3)c3ccccc3N(Cc3ccccc3)S2(=O)=O)cc1C. The van der Waals surface area contributed by atoms with Crippen LogP contribution in [0.1, 0.15) is 27.8 Å². The molecule has 1 amide bonds. The molecule has 0 aromatic heterocycles. The molecule has 1 N–H and O–H groups in total. The van der Waals surface area contributed by atoms with E-state index < -0.39 is 15.9 Å². The predicted molar refractivity (Wildman–Crippen MR) is 155 cm³/mol. The molecule has 0 saturated carbocycles. The number of hydrogen-bond donors (Lipinski definition) is 1. The monoisotopic (exact) mass is 538 g/mol. The van der Waals surface area contributed by atoms with Gasteiger partial charge in [0.15, 0.2) is 4.91 Å². The van der Waals surface area contributed by atoms with Crippen LogP contribution in [0.15, 0.2) is 108 Å². The third kappa shape index (κ3) is 5.45. The van der Waals surface area contributed by atoms with E-state index in [1.807, 2.05) is 111 Å². The van der Waals surface area contributed by atoms with Gasteiger partial charge >= 0.3 is 0 Å². The first-order valence-electron chi connectivity index (χ1n) is 12.8. The van der Waals surface area contributed by atoms with Crippen LogP contribution in [0.5, 0.6) is 5.75 Å². The van der Waals surface area contributed by atoms with Crippen molar-refractivity contribution < 1.29 is 17.9 Å². The molecule has 4 aromatic rings. The van der Waals surface area contributed by atoms with Crippen LogP contribution in [0.2, 0.25) is 0 Å². The molecule has 0 fully saturated rings. The number of fused-ring (bicyclic) bond motifs is 1. The second-order valence-electron chi connectivity index (χ2n) is 9.44. The summed E-state index contributed by atoms with van der Waals surface area (Å²) >= 11 is 0. The minimum absolute atomic E-state index is 0.106. The summed E-state index contributed by atoms with van der Waals surface area (Å²) in [5.74, 6) is 0.0369. The van der Waals surface area contributed by atoms with E-state index in [0.717, 1.165) is 11.1 Å². The fourth-order valence-electron chi connectivity index (χ4n) is 4.65. The van der Waals surface area contributed by atoms with Crippen LogP contribution in [0.25, 0.3) is 5.57 Å². The lowest BCUT2D eigenvalue weighted by atomic mass is 9.95. The van der Waals surface area contributed by atoms with Gasteiger partial charge in [0.2, 0.25) is 0 Å². The molecule has 0 radical (unpaired) electrons. The number of para-hydroxylation sites is 1. The maximum atomic E-state index is 14.2. The molecule has 4 aromatic carbocycles. The van der Waals surface area contributed by atoms with E-state index in [1.165, 1.54) is 9.87 Å². The van der Waals surface area contributed by atoms with Crippen LogP contribution in [-0.4, -0.2) is 27.5 Å². The van der Waals surface area contributed by atoms with E-state index >= 15 is 0 Å². The van der Waals surface area contributed by atoms with Crippen LogP contribution < -0.4 is 14.4 Å². The maximum absolute atomic E-state index is 14.2. The Morgan fingerprint density at radius 3 is 2.21 bits per heavy atom. The number of ether oxygens (including phenoxy) is 1. The molecule has 0 atom stereocenters. The summed E-state index contributed by atoms with van der Waals surface area (Å²) < 4.78 is 35.5. The summed E-state index contributed by atoms with van der Waals surface area (Å²) in [6, 6.07) is 31.6.